The van der Waals surface area contributed by atoms with Crippen molar-refractivity contribution >= 4 is 11.9 Å². The number of carbonyl (C=O) groups is 2. The Morgan fingerprint density at radius 2 is 2.20 bits per heavy atom. The highest BCUT2D eigenvalue weighted by atomic mass is 16.6. The molecule has 1 aliphatic heterocycles. The molecule has 1 heterocycles. The van der Waals surface area contributed by atoms with Gasteiger partial charge in [0.15, 0.2) is 0 Å². The van der Waals surface area contributed by atoms with E-state index in [1.807, 2.05) is 6.92 Å². The van der Waals surface area contributed by atoms with Crippen molar-refractivity contribution in [2.45, 2.75) is 44.6 Å². The largest absolute Gasteiger partial charge is 0.458 e. The van der Waals surface area contributed by atoms with Crippen LogP contribution in [0, 0.1) is 5.92 Å². The van der Waals surface area contributed by atoms with Crippen LogP contribution >= 0.6 is 0 Å². The molecule has 0 unspecified atom stereocenters. The summed E-state index contributed by atoms with van der Waals surface area (Å²) in [7, 11) is 0. The first-order valence-electron chi connectivity index (χ1n) is 5.67. The van der Waals surface area contributed by atoms with Crippen LogP contribution in [0.5, 0.6) is 0 Å². The van der Waals surface area contributed by atoms with E-state index in [9.17, 15) is 9.59 Å². The van der Waals surface area contributed by atoms with Crippen LogP contribution < -0.4 is 5.32 Å². The standard InChI is InChI=1S/C11H17NO3/c1-2-12-10(14)8-7-9(13)15-11(8)5-3-4-6-11/h8H,2-7H2,1H3,(H,12,14)/t8-/m1/s1. The minimum atomic E-state index is -0.462. The number of amides is 1. The summed E-state index contributed by atoms with van der Waals surface area (Å²) < 4.78 is 5.39. The molecule has 0 bridgehead atoms. The average Bonchev–Trinajstić information content (AvgIpc) is 2.75. The van der Waals surface area contributed by atoms with Gasteiger partial charge in [0.1, 0.15) is 5.60 Å². The summed E-state index contributed by atoms with van der Waals surface area (Å²) in [6.45, 7) is 2.50. The van der Waals surface area contributed by atoms with Crippen molar-refractivity contribution in [3.05, 3.63) is 0 Å². The van der Waals surface area contributed by atoms with Gasteiger partial charge in [-0.2, -0.15) is 0 Å². The van der Waals surface area contributed by atoms with Crippen LogP contribution in [0.1, 0.15) is 39.0 Å². The lowest BCUT2D eigenvalue weighted by Crippen LogP contribution is -2.42. The van der Waals surface area contributed by atoms with Gasteiger partial charge in [-0.25, -0.2) is 0 Å². The fraction of sp³-hybridized carbons (Fsp3) is 0.818. The highest BCUT2D eigenvalue weighted by molar-refractivity contribution is 5.87. The lowest BCUT2D eigenvalue weighted by atomic mass is 9.85. The number of nitrogens with one attached hydrogen (secondary N) is 1. The van der Waals surface area contributed by atoms with Crippen molar-refractivity contribution in [1.29, 1.82) is 0 Å². The first-order valence-corrected chi connectivity index (χ1v) is 5.67. The highest BCUT2D eigenvalue weighted by Gasteiger charge is 2.53. The van der Waals surface area contributed by atoms with Crippen LogP contribution in [-0.2, 0) is 14.3 Å². The van der Waals surface area contributed by atoms with E-state index >= 15 is 0 Å². The Bertz CT molecular complexity index is 282. The molecule has 84 valence electrons. The highest BCUT2D eigenvalue weighted by Crippen LogP contribution is 2.45. The molecule has 2 aliphatic rings. The van der Waals surface area contributed by atoms with E-state index in [2.05, 4.69) is 5.32 Å². The average molecular weight is 211 g/mol. The van der Waals surface area contributed by atoms with E-state index in [-0.39, 0.29) is 24.2 Å². The summed E-state index contributed by atoms with van der Waals surface area (Å²) in [6.07, 6.45) is 4.07. The Morgan fingerprint density at radius 3 is 2.80 bits per heavy atom. The minimum absolute atomic E-state index is 0.0229. The monoisotopic (exact) mass is 211 g/mol. The van der Waals surface area contributed by atoms with E-state index in [1.165, 1.54) is 0 Å². The van der Waals surface area contributed by atoms with Crippen LogP contribution in [0.2, 0.25) is 0 Å². The van der Waals surface area contributed by atoms with Gasteiger partial charge in [0, 0.05) is 6.54 Å². The predicted octanol–water partition coefficient (Wildman–Crippen LogP) is 0.998. The minimum Gasteiger partial charge on any atom is -0.458 e. The molecule has 1 saturated heterocycles. The van der Waals surface area contributed by atoms with Crippen molar-refractivity contribution in [1.82, 2.24) is 5.32 Å². The van der Waals surface area contributed by atoms with Crippen LogP contribution in [0.15, 0.2) is 0 Å². The van der Waals surface area contributed by atoms with Gasteiger partial charge in [-0.1, -0.05) is 0 Å². The Hall–Kier alpha value is -1.06. The Morgan fingerprint density at radius 1 is 1.53 bits per heavy atom. The second kappa shape index (κ2) is 3.83. The van der Waals surface area contributed by atoms with E-state index in [4.69, 9.17) is 4.74 Å². The number of carbonyl (C=O) groups excluding carboxylic acids is 2. The molecule has 0 radical (unpaired) electrons. The SMILES string of the molecule is CCNC(=O)[C@H]1CC(=O)OC12CCCC2. The molecule has 1 aliphatic carbocycles. The van der Waals surface area contributed by atoms with Gasteiger partial charge in [-0.05, 0) is 32.6 Å². The molecular weight excluding hydrogens is 194 g/mol. The normalized spacial score (nSPS) is 28.1. The molecular formula is C11H17NO3. The first-order chi connectivity index (χ1) is 7.18. The molecule has 4 nitrogen and oxygen atoms in total. The molecule has 4 heteroatoms. The zero-order valence-electron chi connectivity index (χ0n) is 9.04. The predicted molar refractivity (Wildman–Crippen MR) is 54.1 cm³/mol. The van der Waals surface area contributed by atoms with Gasteiger partial charge in [-0.3, -0.25) is 9.59 Å². The van der Waals surface area contributed by atoms with Crippen molar-refractivity contribution in [2.75, 3.05) is 6.54 Å². The molecule has 0 aromatic carbocycles. The first kappa shape index (κ1) is 10.5. The van der Waals surface area contributed by atoms with Crippen LogP contribution in [-0.4, -0.2) is 24.0 Å². The lowest BCUT2D eigenvalue weighted by molar-refractivity contribution is -0.149. The second-order valence-electron chi connectivity index (χ2n) is 4.40. The van der Waals surface area contributed by atoms with E-state index in [0.29, 0.717) is 6.54 Å². The Balaban J connectivity index is 2.14. The Labute approximate surface area is 89.4 Å². The molecule has 1 amide bonds. The maximum absolute atomic E-state index is 11.8. The van der Waals surface area contributed by atoms with Gasteiger partial charge in [0.05, 0.1) is 12.3 Å². The molecule has 0 aromatic rings. The summed E-state index contributed by atoms with van der Waals surface area (Å²) in [5.74, 6) is -0.495. The van der Waals surface area contributed by atoms with E-state index < -0.39 is 5.60 Å². The smallest absolute Gasteiger partial charge is 0.307 e. The number of rotatable bonds is 2. The molecule has 1 N–H and O–H groups in total. The summed E-state index contributed by atoms with van der Waals surface area (Å²) in [5.41, 5.74) is -0.462. The number of esters is 1. The number of hydrogen-bond acceptors (Lipinski definition) is 3. The molecule has 1 saturated carbocycles. The second-order valence-corrected chi connectivity index (χ2v) is 4.40. The summed E-state index contributed by atoms with van der Waals surface area (Å²) in [5, 5.41) is 2.79. The van der Waals surface area contributed by atoms with Crippen molar-refractivity contribution < 1.29 is 14.3 Å². The fourth-order valence-corrected chi connectivity index (χ4v) is 2.75. The summed E-state index contributed by atoms with van der Waals surface area (Å²) >= 11 is 0. The maximum Gasteiger partial charge on any atom is 0.307 e. The molecule has 15 heavy (non-hydrogen) atoms. The maximum atomic E-state index is 11.8. The third-order valence-electron chi connectivity index (χ3n) is 3.44. The molecule has 1 spiro atoms. The molecule has 2 fully saturated rings. The van der Waals surface area contributed by atoms with Gasteiger partial charge >= 0.3 is 5.97 Å². The van der Waals surface area contributed by atoms with Crippen LogP contribution in [0.4, 0.5) is 0 Å². The van der Waals surface area contributed by atoms with Gasteiger partial charge in [-0.15, -0.1) is 0 Å². The molecule has 0 aromatic heterocycles. The van der Waals surface area contributed by atoms with E-state index in [1.54, 1.807) is 0 Å². The third kappa shape index (κ3) is 1.73. The summed E-state index contributed by atoms with van der Waals surface area (Å²) in [6, 6.07) is 0. The van der Waals surface area contributed by atoms with E-state index in [0.717, 1.165) is 25.7 Å². The molecule has 2 rings (SSSR count). The van der Waals surface area contributed by atoms with Crippen molar-refractivity contribution in [3.63, 3.8) is 0 Å². The van der Waals surface area contributed by atoms with Gasteiger partial charge < -0.3 is 10.1 Å². The van der Waals surface area contributed by atoms with Crippen LogP contribution in [0.25, 0.3) is 0 Å². The van der Waals surface area contributed by atoms with Gasteiger partial charge in [0.25, 0.3) is 0 Å². The van der Waals surface area contributed by atoms with Crippen LogP contribution in [0.3, 0.4) is 0 Å². The summed E-state index contributed by atoms with van der Waals surface area (Å²) in [4.78, 5) is 23.1. The van der Waals surface area contributed by atoms with Gasteiger partial charge in [0.2, 0.25) is 5.91 Å². The molecule has 1 atom stereocenters. The Kier molecular flexibility index (Phi) is 2.67. The zero-order valence-corrected chi connectivity index (χ0v) is 9.04. The van der Waals surface area contributed by atoms with Crippen molar-refractivity contribution in [3.8, 4) is 0 Å². The topological polar surface area (TPSA) is 55.4 Å². The number of ether oxygens (including phenoxy) is 1. The quantitative estimate of drug-likeness (QED) is 0.693. The number of hydrogen-bond donors (Lipinski definition) is 1. The zero-order chi connectivity index (χ0) is 10.9. The fourth-order valence-electron chi connectivity index (χ4n) is 2.75. The third-order valence-corrected chi connectivity index (χ3v) is 3.44. The lowest BCUT2D eigenvalue weighted by Gasteiger charge is -2.27. The van der Waals surface area contributed by atoms with Crippen molar-refractivity contribution in [2.24, 2.45) is 5.92 Å².